The fourth-order valence-electron chi connectivity index (χ4n) is 12.5. The highest BCUT2D eigenvalue weighted by atomic mass is 32.2. The largest absolute Gasteiger partial charge is 0.480 e. The Morgan fingerprint density at radius 3 is 1.91 bits per heavy atom. The van der Waals surface area contributed by atoms with Gasteiger partial charge in [-0.2, -0.15) is 11.8 Å². The second-order valence-corrected chi connectivity index (χ2v) is 28.0. The highest BCUT2D eigenvalue weighted by Crippen LogP contribution is 2.30. The van der Waals surface area contributed by atoms with Gasteiger partial charge in [-0.25, -0.2) is 14.4 Å². The predicted octanol–water partition coefficient (Wildman–Crippen LogP) is 5.89. The van der Waals surface area contributed by atoms with E-state index in [9.17, 15) is 62.6 Å². The number of primary amides is 1. The molecule has 0 bridgehead atoms. The summed E-state index contributed by atoms with van der Waals surface area (Å²) < 4.78 is 17.1. The van der Waals surface area contributed by atoms with Crippen LogP contribution in [0.15, 0.2) is 54.6 Å². The number of methoxy groups -OCH3 is 2. The molecule has 2 fully saturated rings. The van der Waals surface area contributed by atoms with Crippen LogP contribution in [0.1, 0.15) is 151 Å². The first-order chi connectivity index (χ1) is 46.7. The molecule has 0 aliphatic carbocycles. The Hall–Kier alpha value is -7.69. The number of carbonyl (C=O) groups excluding carboxylic acids is 11. The Balaban J connectivity index is 0.000000573. The van der Waals surface area contributed by atoms with Crippen molar-refractivity contribution in [3.05, 3.63) is 65.7 Å². The zero-order chi connectivity index (χ0) is 74.4. The molecule has 2 aromatic carbocycles. The quantitative estimate of drug-likeness (QED) is 0.0284. The standard InChI is InChI=1S/C42H66N8O10S.C29H47N3O6/c1-24(2)34(27(7)51)48-39(56)36(26(5)6)49(8)42(59)60-23-28-16-18-29(19-17-28)45-37(54)30(14-13-20-44-41(43)58)46-38(55)35(25(3)4)47-32(52)15-11-10-12-21-50-33(53)22-31(61-9)40(50)57;1-8-19(2)26(31(4)5)24(37-6)18-25(33)32-16-12-15-23(32)27(38-7)20(3)28(34)30-22(29(35)36)17-21-13-10-9-11-14-21/h16-19,24-26,30-31,34-36H,10-15,20-23H2,1-9H3,(H,45,54)(H,46,55)(H,47,52)(H,48,56)(H3,43,44,58);9-11,13-14,19-20,22-24,26-27H,8,12,15-18H2,1-7H3,(H,30,34)(H,35,36)/t30-,31?,34-,35?,36?;19-,20+,22-,23-,24+,26?,27+/m00/s1. The topological polar surface area (TPSA) is 364 Å². The fourth-order valence-corrected chi connectivity index (χ4v) is 13.2. The minimum Gasteiger partial charge on any atom is -0.480 e. The lowest BCUT2D eigenvalue weighted by Crippen LogP contribution is -2.55. The molecule has 2 aromatic rings. The van der Waals surface area contributed by atoms with E-state index in [0.29, 0.717) is 62.4 Å². The van der Waals surface area contributed by atoms with Gasteiger partial charge in [0, 0.05) is 71.9 Å². The van der Waals surface area contributed by atoms with Crippen molar-refractivity contribution in [2.75, 3.05) is 66.6 Å². The van der Waals surface area contributed by atoms with Gasteiger partial charge in [0.25, 0.3) is 0 Å². The van der Waals surface area contributed by atoms with Crippen LogP contribution in [0.2, 0.25) is 0 Å². The summed E-state index contributed by atoms with van der Waals surface area (Å²) in [6.07, 6.45) is 5.54. The molecule has 27 nitrogen and oxygen atoms in total. The van der Waals surface area contributed by atoms with Crippen LogP contribution in [0.5, 0.6) is 0 Å². The van der Waals surface area contributed by atoms with E-state index in [-0.39, 0.29) is 116 Å². The molecule has 554 valence electrons. The van der Waals surface area contributed by atoms with E-state index >= 15 is 0 Å². The number of likely N-dealkylation sites (tertiary alicyclic amines) is 2. The number of amides is 11. The summed E-state index contributed by atoms with van der Waals surface area (Å²) >= 11 is 1.36. The number of benzene rings is 2. The molecule has 0 radical (unpaired) electrons. The van der Waals surface area contributed by atoms with Crippen molar-refractivity contribution in [2.24, 2.45) is 35.3 Å². The fraction of sp³-hybridized carbons (Fsp3) is 0.662. The Kier molecular flexibility index (Phi) is 37.2. The summed E-state index contributed by atoms with van der Waals surface area (Å²) in [6.45, 7) is 19.1. The number of aliphatic carboxylic acids is 1. The molecule has 0 saturated carbocycles. The number of carbonyl (C=O) groups is 12. The van der Waals surface area contributed by atoms with Crippen molar-refractivity contribution in [1.82, 2.24) is 46.2 Å². The van der Waals surface area contributed by atoms with Crippen molar-refractivity contribution in [2.45, 2.75) is 213 Å². The molecule has 2 aliphatic heterocycles. The summed E-state index contributed by atoms with van der Waals surface area (Å²) in [5.41, 5.74) is 6.97. The van der Waals surface area contributed by atoms with Crippen molar-refractivity contribution < 1.29 is 76.9 Å². The molecule has 2 aliphatic rings. The number of hydrogen-bond donors (Lipinski definition) is 8. The van der Waals surface area contributed by atoms with E-state index in [1.165, 1.54) is 42.6 Å². The molecule has 0 aromatic heterocycles. The average Bonchev–Trinajstić information content (AvgIpc) is 1.76. The Bertz CT molecular complexity index is 2980. The van der Waals surface area contributed by atoms with Crippen LogP contribution >= 0.6 is 11.8 Å². The third kappa shape index (κ3) is 27.4. The van der Waals surface area contributed by atoms with Gasteiger partial charge in [-0.1, -0.05) is 118 Å². The number of unbranched alkanes of at least 4 members (excludes halogenated alkanes) is 2. The van der Waals surface area contributed by atoms with E-state index in [1.807, 2.05) is 63.2 Å². The van der Waals surface area contributed by atoms with Crippen LogP contribution in [0, 0.1) is 29.6 Å². The highest BCUT2D eigenvalue weighted by Gasteiger charge is 2.43. The number of rotatable bonds is 40. The molecule has 12 atom stereocenters. The molecule has 99 heavy (non-hydrogen) atoms. The molecule has 28 heteroatoms. The van der Waals surface area contributed by atoms with Crippen LogP contribution < -0.4 is 37.6 Å². The number of ether oxygens (including phenoxy) is 3. The number of nitrogens with one attached hydrogen (secondary N) is 6. The van der Waals surface area contributed by atoms with Gasteiger partial charge in [-0.05, 0) is 113 Å². The number of carboxylic acids is 1. The SMILES string of the molecule is CC[C@H](C)C([C@@H](CC(=O)N1CCC[C@H]1[C@H](OC)[C@@H](C)C(=O)N[C@@H](Cc1ccccc1)C(=O)O)OC)N(C)C.CSC1CC(=O)N(CCCCCC(=O)NC(C(=O)N[C@@H](CCCNC(N)=O)C(=O)Nc2ccc(COC(=O)N(C)C(C(=O)N[C@H](C(C)=O)C(C)C)C(C)C)cc2)C(C)C)C1=O. The third-order valence-electron chi connectivity index (χ3n) is 18.2. The van der Waals surface area contributed by atoms with E-state index < -0.39 is 84.0 Å². The highest BCUT2D eigenvalue weighted by molar-refractivity contribution is 8.00. The van der Waals surface area contributed by atoms with Gasteiger partial charge < -0.3 is 66.8 Å². The molecule has 9 N–H and O–H groups in total. The monoisotopic (exact) mass is 1410 g/mol. The minimum absolute atomic E-state index is 0.0170. The number of thioether (sulfide) groups is 1. The second-order valence-electron chi connectivity index (χ2n) is 27.0. The number of Topliss-reactive ketones (excluding diaryl/α,β-unsaturated/α-hetero) is 1. The van der Waals surface area contributed by atoms with Crippen LogP contribution in [0.25, 0.3) is 0 Å². The predicted molar refractivity (Wildman–Crippen MR) is 378 cm³/mol. The van der Waals surface area contributed by atoms with Gasteiger partial charge in [-0.15, -0.1) is 0 Å². The number of nitrogens with two attached hydrogens (primary N) is 1. The normalized spacial score (nSPS) is 17.6. The number of hydrogen-bond acceptors (Lipinski definition) is 17. The van der Waals surface area contributed by atoms with E-state index in [1.54, 1.807) is 72.2 Å². The maximum Gasteiger partial charge on any atom is 0.410 e. The molecule has 4 unspecified atom stereocenters. The third-order valence-corrected chi connectivity index (χ3v) is 19.1. The summed E-state index contributed by atoms with van der Waals surface area (Å²) in [5.74, 6) is -5.06. The van der Waals surface area contributed by atoms with Crippen LogP contribution in [0.4, 0.5) is 15.3 Å². The number of urea groups is 1. The first kappa shape index (κ1) is 85.5. The number of carboxylic acid groups (broad SMARTS) is 1. The van der Waals surface area contributed by atoms with Crippen molar-refractivity contribution >= 4 is 88.6 Å². The lowest BCUT2D eigenvalue weighted by Gasteiger charge is -2.38. The number of nitrogens with zero attached hydrogens (tertiary/aromatic N) is 4. The molecule has 2 saturated heterocycles. The van der Waals surface area contributed by atoms with Crippen LogP contribution in [-0.2, 0) is 75.2 Å². The number of ketones is 1. The van der Waals surface area contributed by atoms with Gasteiger partial charge in [-0.3, -0.25) is 53.0 Å². The summed E-state index contributed by atoms with van der Waals surface area (Å²) in [6, 6.07) is 10.1. The molecule has 2 heterocycles. The second kappa shape index (κ2) is 43.1. The Morgan fingerprint density at radius 2 is 1.37 bits per heavy atom. The lowest BCUT2D eigenvalue weighted by atomic mass is 9.90. The van der Waals surface area contributed by atoms with Crippen molar-refractivity contribution in [3.8, 4) is 0 Å². The number of anilines is 1. The van der Waals surface area contributed by atoms with Gasteiger partial charge in [0.1, 0.15) is 30.8 Å². The van der Waals surface area contributed by atoms with Crippen LogP contribution in [-0.4, -0.2) is 217 Å². The smallest absolute Gasteiger partial charge is 0.410 e. The zero-order valence-corrected chi connectivity index (χ0v) is 61.8. The van der Waals surface area contributed by atoms with Crippen LogP contribution in [0.3, 0.4) is 0 Å². The maximum absolute atomic E-state index is 13.6. The molecule has 0 spiro atoms. The summed E-state index contributed by atoms with van der Waals surface area (Å²) in [7, 11) is 8.66. The Morgan fingerprint density at radius 1 is 0.737 bits per heavy atom. The van der Waals surface area contributed by atoms with E-state index in [0.717, 1.165) is 18.4 Å². The Labute approximate surface area is 589 Å². The van der Waals surface area contributed by atoms with Crippen molar-refractivity contribution in [1.29, 1.82) is 0 Å². The zero-order valence-electron chi connectivity index (χ0n) is 61.0. The maximum atomic E-state index is 13.6. The molecule has 4 rings (SSSR count). The van der Waals surface area contributed by atoms with Gasteiger partial charge in [0.05, 0.1) is 41.9 Å². The molecular formula is C71H113N11O16S. The van der Waals surface area contributed by atoms with E-state index in [4.69, 9.17) is 19.9 Å². The van der Waals surface area contributed by atoms with Gasteiger partial charge in [0.2, 0.25) is 47.3 Å². The first-order valence-electron chi connectivity index (χ1n) is 34.4. The van der Waals surface area contributed by atoms with Gasteiger partial charge in [0.15, 0.2) is 5.78 Å². The van der Waals surface area contributed by atoms with Gasteiger partial charge >= 0.3 is 18.1 Å². The van der Waals surface area contributed by atoms with E-state index in [2.05, 4.69) is 50.6 Å². The van der Waals surface area contributed by atoms with Crippen molar-refractivity contribution in [3.63, 3.8) is 0 Å². The molecular weight excluding hydrogens is 1290 g/mol. The molecule has 11 amide bonds. The minimum atomic E-state index is -1.09. The lowest BCUT2D eigenvalue weighted by molar-refractivity contribution is -0.145. The average molecular weight is 1410 g/mol. The first-order valence-corrected chi connectivity index (χ1v) is 35.7. The number of likely N-dealkylation sites (N-methyl/N-ethyl adjacent to an activating group) is 2. The summed E-state index contributed by atoms with van der Waals surface area (Å²) in [4.78, 5) is 159. The number of imide groups is 1. The summed E-state index contributed by atoms with van der Waals surface area (Å²) in [5, 5.41) is 25.6.